The molecule has 2 N–H and O–H groups in total. The van der Waals surface area contributed by atoms with Crippen molar-refractivity contribution in [2.75, 3.05) is 11.9 Å². The summed E-state index contributed by atoms with van der Waals surface area (Å²) in [7, 11) is 0. The molecule has 0 aliphatic carbocycles. The Morgan fingerprint density at radius 2 is 2.28 bits per heavy atom. The van der Waals surface area contributed by atoms with E-state index < -0.39 is 0 Å². The Kier molecular flexibility index (Phi) is 3.91. The molecule has 0 saturated heterocycles. The van der Waals surface area contributed by atoms with Gasteiger partial charge in [0.2, 0.25) is 5.91 Å². The summed E-state index contributed by atoms with van der Waals surface area (Å²) in [6, 6.07) is 5.41. The van der Waals surface area contributed by atoms with Crippen LogP contribution in [0.25, 0.3) is 0 Å². The second-order valence-corrected chi connectivity index (χ2v) is 5.60. The van der Waals surface area contributed by atoms with E-state index in [0.29, 0.717) is 12.1 Å². The molecule has 0 spiro atoms. The van der Waals surface area contributed by atoms with Crippen LogP contribution < -0.4 is 10.6 Å². The zero-order valence-electron chi connectivity index (χ0n) is 10.4. The Balaban J connectivity index is 2.19. The minimum absolute atomic E-state index is 0.0152. The maximum Gasteiger partial charge on any atom is 0.251 e. The van der Waals surface area contributed by atoms with Gasteiger partial charge in [0.05, 0.1) is 10.9 Å². The third-order valence-electron chi connectivity index (χ3n) is 2.71. The van der Waals surface area contributed by atoms with Gasteiger partial charge in [-0.25, -0.2) is 0 Å². The molecule has 0 aromatic heterocycles. The first-order valence-electron chi connectivity index (χ1n) is 6.01. The van der Waals surface area contributed by atoms with Crippen molar-refractivity contribution in [2.45, 2.75) is 30.4 Å². The Bertz CT molecular complexity index is 488. The number of rotatable bonds is 3. The van der Waals surface area contributed by atoms with Gasteiger partial charge in [-0.1, -0.05) is 6.92 Å². The molecular weight excluding hydrogens is 248 g/mol. The number of benzene rings is 1. The molecule has 1 aromatic rings. The molecule has 1 atom stereocenters. The van der Waals surface area contributed by atoms with Gasteiger partial charge in [-0.05, 0) is 31.5 Å². The minimum atomic E-state index is -0.0995. The van der Waals surface area contributed by atoms with E-state index in [-0.39, 0.29) is 17.1 Å². The van der Waals surface area contributed by atoms with E-state index in [1.165, 1.54) is 11.8 Å². The van der Waals surface area contributed by atoms with Crippen molar-refractivity contribution in [3.05, 3.63) is 23.8 Å². The lowest BCUT2D eigenvalue weighted by molar-refractivity contribution is -0.115. The lowest BCUT2D eigenvalue weighted by Crippen LogP contribution is -2.27. The van der Waals surface area contributed by atoms with Crippen LogP contribution in [-0.4, -0.2) is 23.6 Å². The Morgan fingerprint density at radius 1 is 1.50 bits per heavy atom. The van der Waals surface area contributed by atoms with Gasteiger partial charge in [-0.15, -0.1) is 11.8 Å². The third kappa shape index (κ3) is 2.67. The number of amides is 2. The SMILES string of the molecule is CCCNC(=O)c1ccc2c(c1)NC(=O)[C@@H](C)S2. The average Bonchev–Trinajstić information content (AvgIpc) is 2.36. The highest BCUT2D eigenvalue weighted by Gasteiger charge is 2.23. The van der Waals surface area contributed by atoms with Crippen LogP contribution in [0.1, 0.15) is 30.6 Å². The summed E-state index contributed by atoms with van der Waals surface area (Å²) >= 11 is 1.51. The van der Waals surface area contributed by atoms with E-state index in [9.17, 15) is 9.59 Å². The normalized spacial score (nSPS) is 17.9. The molecule has 0 fully saturated rings. The standard InChI is InChI=1S/C13H16N2O2S/c1-3-6-14-13(17)9-4-5-11-10(7-9)15-12(16)8(2)18-11/h4-5,7-8H,3,6H2,1-2H3,(H,14,17)(H,15,16)/t8-/m1/s1. The van der Waals surface area contributed by atoms with Crippen molar-refractivity contribution in [1.29, 1.82) is 0 Å². The molecule has 2 amide bonds. The number of hydrogen-bond acceptors (Lipinski definition) is 3. The minimum Gasteiger partial charge on any atom is -0.352 e. The predicted molar refractivity (Wildman–Crippen MR) is 73.0 cm³/mol. The van der Waals surface area contributed by atoms with Crippen LogP contribution in [0.15, 0.2) is 23.1 Å². The molecule has 1 aliphatic rings. The van der Waals surface area contributed by atoms with Gasteiger partial charge in [-0.3, -0.25) is 9.59 Å². The van der Waals surface area contributed by atoms with Gasteiger partial charge >= 0.3 is 0 Å². The van der Waals surface area contributed by atoms with E-state index in [4.69, 9.17) is 0 Å². The second-order valence-electron chi connectivity index (χ2n) is 4.22. The lowest BCUT2D eigenvalue weighted by Gasteiger charge is -2.21. The molecule has 1 aliphatic heterocycles. The Morgan fingerprint density at radius 3 is 3.00 bits per heavy atom. The topological polar surface area (TPSA) is 58.2 Å². The highest BCUT2D eigenvalue weighted by Crippen LogP contribution is 2.35. The molecule has 96 valence electrons. The summed E-state index contributed by atoms with van der Waals surface area (Å²) in [6.07, 6.45) is 0.904. The summed E-state index contributed by atoms with van der Waals surface area (Å²) in [6.45, 7) is 4.53. The molecule has 1 aromatic carbocycles. The predicted octanol–water partition coefficient (Wildman–Crippen LogP) is 2.26. The fraction of sp³-hybridized carbons (Fsp3) is 0.385. The highest BCUT2D eigenvalue weighted by atomic mass is 32.2. The fourth-order valence-corrected chi connectivity index (χ4v) is 2.62. The van der Waals surface area contributed by atoms with Crippen LogP contribution in [0.2, 0.25) is 0 Å². The first-order chi connectivity index (χ1) is 8.61. The number of fused-ring (bicyclic) bond motifs is 1. The Hall–Kier alpha value is -1.49. The molecule has 4 nitrogen and oxygen atoms in total. The zero-order chi connectivity index (χ0) is 13.1. The Labute approximate surface area is 111 Å². The number of nitrogens with one attached hydrogen (secondary N) is 2. The van der Waals surface area contributed by atoms with Gasteiger partial charge in [0.25, 0.3) is 5.91 Å². The monoisotopic (exact) mass is 264 g/mol. The number of anilines is 1. The van der Waals surface area contributed by atoms with Gasteiger partial charge < -0.3 is 10.6 Å². The highest BCUT2D eigenvalue weighted by molar-refractivity contribution is 8.00. The summed E-state index contributed by atoms with van der Waals surface area (Å²) in [5, 5.41) is 5.55. The van der Waals surface area contributed by atoms with Crippen molar-refractivity contribution in [1.82, 2.24) is 5.32 Å². The van der Waals surface area contributed by atoms with Crippen molar-refractivity contribution < 1.29 is 9.59 Å². The van der Waals surface area contributed by atoms with Crippen molar-refractivity contribution in [2.24, 2.45) is 0 Å². The second kappa shape index (κ2) is 5.44. The van der Waals surface area contributed by atoms with Crippen LogP contribution >= 0.6 is 11.8 Å². The zero-order valence-corrected chi connectivity index (χ0v) is 11.3. The van der Waals surface area contributed by atoms with Crippen LogP contribution in [0.5, 0.6) is 0 Å². The third-order valence-corrected chi connectivity index (χ3v) is 3.89. The smallest absolute Gasteiger partial charge is 0.251 e. The first-order valence-corrected chi connectivity index (χ1v) is 6.89. The summed E-state index contributed by atoms with van der Waals surface area (Å²) in [5.41, 5.74) is 1.31. The van der Waals surface area contributed by atoms with Crippen LogP contribution in [0, 0.1) is 0 Å². The quantitative estimate of drug-likeness (QED) is 0.880. The van der Waals surface area contributed by atoms with Gasteiger partial charge in [0, 0.05) is 17.0 Å². The molecule has 5 heteroatoms. The molecule has 0 radical (unpaired) electrons. The number of thioether (sulfide) groups is 1. The number of carbonyl (C=O) groups is 2. The van der Waals surface area contributed by atoms with Crippen molar-refractivity contribution in [3.63, 3.8) is 0 Å². The van der Waals surface area contributed by atoms with E-state index in [1.54, 1.807) is 12.1 Å². The molecule has 0 unspecified atom stereocenters. The van der Waals surface area contributed by atoms with Gasteiger partial charge in [0.1, 0.15) is 0 Å². The van der Waals surface area contributed by atoms with E-state index in [1.807, 2.05) is 19.9 Å². The van der Waals surface area contributed by atoms with E-state index in [2.05, 4.69) is 10.6 Å². The van der Waals surface area contributed by atoms with Crippen LogP contribution in [0.4, 0.5) is 5.69 Å². The average molecular weight is 264 g/mol. The fourth-order valence-electron chi connectivity index (χ4n) is 1.69. The maximum atomic E-state index is 11.8. The summed E-state index contributed by atoms with van der Waals surface area (Å²) in [4.78, 5) is 24.4. The molecule has 2 rings (SSSR count). The van der Waals surface area contributed by atoms with Gasteiger partial charge in [0.15, 0.2) is 0 Å². The number of hydrogen-bond donors (Lipinski definition) is 2. The van der Waals surface area contributed by atoms with E-state index >= 15 is 0 Å². The molecule has 1 heterocycles. The van der Waals surface area contributed by atoms with Crippen molar-refractivity contribution >= 4 is 29.3 Å². The largest absolute Gasteiger partial charge is 0.352 e. The van der Waals surface area contributed by atoms with Gasteiger partial charge in [-0.2, -0.15) is 0 Å². The maximum absolute atomic E-state index is 11.8. The summed E-state index contributed by atoms with van der Waals surface area (Å²) < 4.78 is 0. The van der Waals surface area contributed by atoms with Crippen LogP contribution in [-0.2, 0) is 4.79 Å². The van der Waals surface area contributed by atoms with Crippen LogP contribution in [0.3, 0.4) is 0 Å². The first kappa shape index (κ1) is 13.0. The van der Waals surface area contributed by atoms with E-state index in [0.717, 1.165) is 17.0 Å². The number of carbonyl (C=O) groups excluding carboxylic acids is 2. The molecular formula is C13H16N2O2S. The lowest BCUT2D eigenvalue weighted by atomic mass is 10.1. The molecule has 18 heavy (non-hydrogen) atoms. The molecule has 0 bridgehead atoms. The summed E-state index contributed by atoms with van der Waals surface area (Å²) in [5.74, 6) is -0.115. The van der Waals surface area contributed by atoms with Crippen molar-refractivity contribution in [3.8, 4) is 0 Å². The molecule has 0 saturated carbocycles.